The molecule has 100 valence electrons. The van der Waals surface area contributed by atoms with E-state index < -0.39 is 17.7 Å². The molecule has 0 radical (unpaired) electrons. The fraction of sp³-hybridized carbons (Fsp3) is 0.545. The Kier molecular flexibility index (Phi) is 4.86. The summed E-state index contributed by atoms with van der Waals surface area (Å²) in [6.45, 7) is 5.54. The van der Waals surface area contributed by atoms with E-state index in [-0.39, 0.29) is 11.7 Å². The molecule has 1 aromatic rings. The van der Waals surface area contributed by atoms with E-state index in [2.05, 4.69) is 15.3 Å². The summed E-state index contributed by atoms with van der Waals surface area (Å²) in [5.41, 5.74) is 5.56. The van der Waals surface area contributed by atoms with Crippen LogP contribution in [0.25, 0.3) is 0 Å². The first kappa shape index (κ1) is 14.7. The number of halogens is 1. The van der Waals surface area contributed by atoms with Crippen LogP contribution in [0, 0.1) is 0 Å². The molecule has 3 N–H and O–H groups in total. The molecule has 1 unspecified atom stereocenters. The molecule has 0 fully saturated rings. The number of nitrogens with zero attached hydrogens (tertiary/aromatic N) is 2. The standard InChI is InChI=1S/C11H17ClN4O2/c1-11(2,3)18-10(17)16-7(4-13)8-5-15-9(12)6-14-8/h5-7H,4,13H2,1-3H3,(H,16,17). The number of carbonyl (C=O) groups is 1. The van der Waals surface area contributed by atoms with Crippen LogP contribution in [0.3, 0.4) is 0 Å². The van der Waals surface area contributed by atoms with Crippen molar-refractivity contribution in [3.63, 3.8) is 0 Å². The Hall–Kier alpha value is -1.40. The van der Waals surface area contributed by atoms with Gasteiger partial charge in [0.1, 0.15) is 10.8 Å². The quantitative estimate of drug-likeness (QED) is 0.873. The van der Waals surface area contributed by atoms with E-state index in [1.165, 1.54) is 12.4 Å². The monoisotopic (exact) mass is 272 g/mol. The molecule has 6 nitrogen and oxygen atoms in total. The Balaban J connectivity index is 2.68. The number of rotatable bonds is 3. The number of alkyl carbamates (subject to hydrolysis) is 1. The molecule has 0 saturated heterocycles. The maximum absolute atomic E-state index is 11.6. The molecule has 0 aliphatic rings. The molecule has 1 heterocycles. The van der Waals surface area contributed by atoms with Gasteiger partial charge in [0.05, 0.1) is 24.1 Å². The number of aromatic nitrogens is 2. The number of nitrogens with one attached hydrogen (secondary N) is 1. The van der Waals surface area contributed by atoms with E-state index in [9.17, 15) is 4.79 Å². The van der Waals surface area contributed by atoms with Gasteiger partial charge in [0, 0.05) is 6.54 Å². The summed E-state index contributed by atoms with van der Waals surface area (Å²) in [5, 5.41) is 2.91. The molecule has 18 heavy (non-hydrogen) atoms. The number of carbonyl (C=O) groups excluding carboxylic acids is 1. The van der Waals surface area contributed by atoms with E-state index in [0.29, 0.717) is 5.69 Å². The Labute approximate surface area is 111 Å². The Morgan fingerprint density at radius 2 is 2.17 bits per heavy atom. The highest BCUT2D eigenvalue weighted by molar-refractivity contribution is 6.29. The summed E-state index contributed by atoms with van der Waals surface area (Å²) in [4.78, 5) is 19.5. The predicted molar refractivity (Wildman–Crippen MR) is 68.2 cm³/mol. The minimum absolute atomic E-state index is 0.190. The van der Waals surface area contributed by atoms with Crippen LogP contribution in [-0.4, -0.2) is 28.2 Å². The van der Waals surface area contributed by atoms with Crippen molar-refractivity contribution in [1.29, 1.82) is 0 Å². The SMILES string of the molecule is CC(C)(C)OC(=O)NC(CN)c1cnc(Cl)cn1. The third-order valence-corrected chi connectivity index (χ3v) is 2.12. The average molecular weight is 273 g/mol. The molecular weight excluding hydrogens is 256 g/mol. The van der Waals surface area contributed by atoms with E-state index in [0.717, 1.165) is 0 Å². The van der Waals surface area contributed by atoms with Gasteiger partial charge in [-0.2, -0.15) is 0 Å². The van der Waals surface area contributed by atoms with Crippen LogP contribution in [0.15, 0.2) is 12.4 Å². The van der Waals surface area contributed by atoms with Gasteiger partial charge in [0.15, 0.2) is 0 Å². The number of amides is 1. The van der Waals surface area contributed by atoms with Crippen molar-refractivity contribution >= 4 is 17.7 Å². The third-order valence-electron chi connectivity index (χ3n) is 1.92. The van der Waals surface area contributed by atoms with E-state index in [4.69, 9.17) is 22.1 Å². The number of hydrogen-bond acceptors (Lipinski definition) is 5. The highest BCUT2D eigenvalue weighted by Crippen LogP contribution is 2.12. The van der Waals surface area contributed by atoms with Gasteiger partial charge < -0.3 is 15.8 Å². The highest BCUT2D eigenvalue weighted by atomic mass is 35.5. The molecule has 0 aliphatic carbocycles. The van der Waals surface area contributed by atoms with Crippen molar-refractivity contribution in [3.05, 3.63) is 23.2 Å². The smallest absolute Gasteiger partial charge is 0.408 e. The highest BCUT2D eigenvalue weighted by Gasteiger charge is 2.20. The van der Waals surface area contributed by atoms with Gasteiger partial charge in [0.25, 0.3) is 0 Å². The topological polar surface area (TPSA) is 90.1 Å². The van der Waals surface area contributed by atoms with Crippen molar-refractivity contribution in [2.75, 3.05) is 6.54 Å². The molecule has 0 bridgehead atoms. The Bertz CT molecular complexity index is 402. The van der Waals surface area contributed by atoms with Gasteiger partial charge >= 0.3 is 6.09 Å². The second-order valence-electron chi connectivity index (χ2n) is 4.70. The zero-order valence-electron chi connectivity index (χ0n) is 10.6. The molecule has 1 atom stereocenters. The lowest BCUT2D eigenvalue weighted by Gasteiger charge is -2.22. The van der Waals surface area contributed by atoms with Crippen molar-refractivity contribution in [1.82, 2.24) is 15.3 Å². The molecule has 0 spiro atoms. The van der Waals surface area contributed by atoms with Crippen molar-refractivity contribution in [2.24, 2.45) is 5.73 Å². The normalized spacial score (nSPS) is 12.9. The fourth-order valence-corrected chi connectivity index (χ4v) is 1.30. The lowest BCUT2D eigenvalue weighted by Crippen LogP contribution is -2.38. The van der Waals surface area contributed by atoms with Gasteiger partial charge in [0.2, 0.25) is 0 Å². The van der Waals surface area contributed by atoms with Crippen LogP contribution in [0.2, 0.25) is 5.15 Å². The molecule has 0 saturated carbocycles. The van der Waals surface area contributed by atoms with Crippen molar-refractivity contribution in [2.45, 2.75) is 32.4 Å². The summed E-state index contributed by atoms with van der Waals surface area (Å²) in [5.74, 6) is 0. The largest absolute Gasteiger partial charge is 0.444 e. The summed E-state index contributed by atoms with van der Waals surface area (Å²) < 4.78 is 5.14. The minimum Gasteiger partial charge on any atom is -0.444 e. The first-order valence-electron chi connectivity index (χ1n) is 5.49. The zero-order valence-corrected chi connectivity index (χ0v) is 11.4. The second-order valence-corrected chi connectivity index (χ2v) is 5.09. The number of hydrogen-bond donors (Lipinski definition) is 2. The minimum atomic E-state index is -0.561. The van der Waals surface area contributed by atoms with Crippen molar-refractivity contribution in [3.8, 4) is 0 Å². The first-order chi connectivity index (χ1) is 8.31. The second kappa shape index (κ2) is 5.97. The molecule has 0 aromatic carbocycles. The third kappa shape index (κ3) is 4.85. The summed E-state index contributed by atoms with van der Waals surface area (Å²) in [6.07, 6.45) is 2.32. The van der Waals surface area contributed by atoms with Crippen LogP contribution in [-0.2, 0) is 4.74 Å². The van der Waals surface area contributed by atoms with E-state index in [1.807, 2.05) is 0 Å². The van der Waals surface area contributed by atoms with Gasteiger partial charge in [-0.05, 0) is 20.8 Å². The lowest BCUT2D eigenvalue weighted by molar-refractivity contribution is 0.0504. The molecule has 1 rings (SSSR count). The summed E-state index contributed by atoms with van der Waals surface area (Å²) >= 11 is 5.64. The van der Waals surface area contributed by atoms with Crippen LogP contribution in [0.4, 0.5) is 4.79 Å². The van der Waals surface area contributed by atoms with Crippen LogP contribution in [0.5, 0.6) is 0 Å². The van der Waals surface area contributed by atoms with Gasteiger partial charge in [-0.3, -0.25) is 4.98 Å². The van der Waals surface area contributed by atoms with E-state index in [1.54, 1.807) is 20.8 Å². The molecule has 1 aromatic heterocycles. The Morgan fingerprint density at radius 1 is 1.50 bits per heavy atom. The van der Waals surface area contributed by atoms with Gasteiger partial charge in [-0.15, -0.1) is 0 Å². The summed E-state index contributed by atoms with van der Waals surface area (Å²) in [6, 6.07) is -0.454. The zero-order chi connectivity index (χ0) is 13.8. The summed E-state index contributed by atoms with van der Waals surface area (Å²) in [7, 11) is 0. The van der Waals surface area contributed by atoms with Crippen LogP contribution in [0.1, 0.15) is 32.5 Å². The fourth-order valence-electron chi connectivity index (χ4n) is 1.21. The van der Waals surface area contributed by atoms with E-state index >= 15 is 0 Å². The van der Waals surface area contributed by atoms with Crippen LogP contribution < -0.4 is 11.1 Å². The van der Waals surface area contributed by atoms with Gasteiger partial charge in [-0.25, -0.2) is 9.78 Å². The average Bonchev–Trinajstić information content (AvgIpc) is 2.25. The number of nitrogens with two attached hydrogens (primary N) is 1. The maximum Gasteiger partial charge on any atom is 0.408 e. The molecule has 7 heteroatoms. The maximum atomic E-state index is 11.6. The molecule has 1 amide bonds. The van der Waals surface area contributed by atoms with Gasteiger partial charge in [-0.1, -0.05) is 11.6 Å². The molecular formula is C11H17ClN4O2. The number of ether oxygens (including phenoxy) is 1. The predicted octanol–water partition coefficient (Wildman–Crippen LogP) is 1.65. The van der Waals surface area contributed by atoms with Crippen molar-refractivity contribution < 1.29 is 9.53 Å². The molecule has 0 aliphatic heterocycles. The van der Waals surface area contributed by atoms with Crippen LogP contribution >= 0.6 is 11.6 Å². The Morgan fingerprint density at radius 3 is 2.61 bits per heavy atom. The lowest BCUT2D eigenvalue weighted by atomic mass is 10.2. The first-order valence-corrected chi connectivity index (χ1v) is 5.86.